The number of benzene rings is 1. The van der Waals surface area contributed by atoms with Crippen LogP contribution in [0.2, 0.25) is 0 Å². The van der Waals surface area contributed by atoms with Crippen LogP contribution in [-0.4, -0.2) is 36.1 Å². The third-order valence-corrected chi connectivity index (χ3v) is 4.05. The predicted octanol–water partition coefficient (Wildman–Crippen LogP) is 2.71. The molecule has 0 bridgehead atoms. The van der Waals surface area contributed by atoms with Gasteiger partial charge in [-0.25, -0.2) is 0 Å². The molecule has 1 heterocycles. The van der Waals surface area contributed by atoms with Crippen molar-refractivity contribution in [2.45, 2.75) is 12.5 Å². The molecule has 1 atom stereocenters. The van der Waals surface area contributed by atoms with Crippen LogP contribution in [-0.2, 0) is 4.79 Å². The molecule has 112 valence electrons. The van der Waals surface area contributed by atoms with Gasteiger partial charge in [0.15, 0.2) is 0 Å². The Bertz CT molecular complexity index is 542. The molecular formula is C16H19NO3S. The van der Waals surface area contributed by atoms with Gasteiger partial charge in [-0.2, -0.15) is 0 Å². The Labute approximate surface area is 128 Å². The lowest BCUT2D eigenvalue weighted by molar-refractivity contribution is -0.131. The third kappa shape index (κ3) is 4.88. The zero-order valence-electron chi connectivity index (χ0n) is 11.9. The van der Waals surface area contributed by atoms with Gasteiger partial charge in [-0.1, -0.05) is 24.3 Å². The highest BCUT2D eigenvalue weighted by molar-refractivity contribution is 7.10. The number of ether oxygens (including phenoxy) is 1. The number of para-hydroxylation sites is 1. The Morgan fingerprint density at radius 2 is 2.05 bits per heavy atom. The van der Waals surface area contributed by atoms with Crippen molar-refractivity contribution in [2.24, 2.45) is 0 Å². The minimum absolute atomic E-state index is 0.0402. The summed E-state index contributed by atoms with van der Waals surface area (Å²) >= 11 is 1.49. The van der Waals surface area contributed by atoms with E-state index in [2.05, 4.69) is 0 Å². The summed E-state index contributed by atoms with van der Waals surface area (Å²) in [5.41, 5.74) is 0. The molecule has 1 aromatic carbocycles. The highest BCUT2D eigenvalue weighted by atomic mass is 32.1. The van der Waals surface area contributed by atoms with Crippen molar-refractivity contribution in [1.29, 1.82) is 0 Å². The SMILES string of the molecule is CN(CC(O)c1cccs1)C(=O)CCOc1ccccc1. The topological polar surface area (TPSA) is 49.8 Å². The second-order valence-corrected chi connectivity index (χ2v) is 5.70. The number of rotatable bonds is 7. The second-order valence-electron chi connectivity index (χ2n) is 4.72. The number of hydrogen-bond acceptors (Lipinski definition) is 4. The van der Waals surface area contributed by atoms with Crippen LogP contribution in [0.4, 0.5) is 0 Å². The Morgan fingerprint density at radius 1 is 1.29 bits per heavy atom. The van der Waals surface area contributed by atoms with Gasteiger partial charge in [-0.3, -0.25) is 4.79 Å². The molecule has 0 aliphatic carbocycles. The van der Waals surface area contributed by atoms with Crippen molar-refractivity contribution in [3.63, 3.8) is 0 Å². The second kappa shape index (κ2) is 7.81. The van der Waals surface area contributed by atoms with E-state index in [0.29, 0.717) is 19.6 Å². The quantitative estimate of drug-likeness (QED) is 0.855. The Kier molecular flexibility index (Phi) is 5.78. The van der Waals surface area contributed by atoms with E-state index in [1.165, 1.54) is 11.3 Å². The first kappa shape index (κ1) is 15.5. The van der Waals surface area contributed by atoms with E-state index < -0.39 is 6.10 Å². The maximum atomic E-state index is 12.0. The Morgan fingerprint density at radius 3 is 2.71 bits per heavy atom. The summed E-state index contributed by atoms with van der Waals surface area (Å²) < 4.78 is 5.50. The minimum atomic E-state index is -0.631. The van der Waals surface area contributed by atoms with Crippen LogP contribution in [0, 0.1) is 0 Å². The number of aliphatic hydroxyl groups excluding tert-OH is 1. The molecule has 21 heavy (non-hydrogen) atoms. The van der Waals surface area contributed by atoms with Crippen LogP contribution in [0.15, 0.2) is 47.8 Å². The van der Waals surface area contributed by atoms with E-state index >= 15 is 0 Å². The van der Waals surface area contributed by atoms with Crippen molar-refractivity contribution in [2.75, 3.05) is 20.2 Å². The maximum Gasteiger partial charge on any atom is 0.225 e. The van der Waals surface area contributed by atoms with Gasteiger partial charge in [0.25, 0.3) is 0 Å². The van der Waals surface area contributed by atoms with Gasteiger partial charge >= 0.3 is 0 Å². The number of carbonyl (C=O) groups is 1. The summed E-state index contributed by atoms with van der Waals surface area (Å²) in [6, 6.07) is 13.2. The summed E-state index contributed by atoms with van der Waals surface area (Å²) in [5, 5.41) is 11.9. The fourth-order valence-corrected chi connectivity index (χ4v) is 2.60. The van der Waals surface area contributed by atoms with Crippen molar-refractivity contribution < 1.29 is 14.6 Å². The number of amides is 1. The molecule has 1 amide bonds. The molecule has 1 unspecified atom stereocenters. The van der Waals surface area contributed by atoms with Gasteiger partial charge in [0.1, 0.15) is 11.9 Å². The molecular weight excluding hydrogens is 286 g/mol. The molecule has 1 N–H and O–H groups in total. The van der Waals surface area contributed by atoms with Gasteiger partial charge < -0.3 is 14.7 Å². The van der Waals surface area contributed by atoms with E-state index in [1.54, 1.807) is 11.9 Å². The molecule has 1 aromatic heterocycles. The van der Waals surface area contributed by atoms with Crippen LogP contribution < -0.4 is 4.74 Å². The minimum Gasteiger partial charge on any atom is -0.493 e. The number of likely N-dealkylation sites (N-methyl/N-ethyl adjacent to an activating group) is 1. The maximum absolute atomic E-state index is 12.0. The van der Waals surface area contributed by atoms with Crippen LogP contribution in [0.25, 0.3) is 0 Å². The molecule has 0 radical (unpaired) electrons. The lowest BCUT2D eigenvalue weighted by atomic mass is 10.2. The average molecular weight is 305 g/mol. The zero-order chi connectivity index (χ0) is 15.1. The number of aliphatic hydroxyl groups is 1. The number of thiophene rings is 1. The molecule has 4 nitrogen and oxygen atoms in total. The lowest BCUT2D eigenvalue weighted by Gasteiger charge is -2.20. The molecule has 5 heteroatoms. The van der Waals surface area contributed by atoms with Gasteiger partial charge in [0.2, 0.25) is 5.91 Å². The Balaban J connectivity index is 1.72. The largest absolute Gasteiger partial charge is 0.493 e. The van der Waals surface area contributed by atoms with Gasteiger partial charge in [0, 0.05) is 11.9 Å². The van der Waals surface area contributed by atoms with E-state index in [0.717, 1.165) is 10.6 Å². The van der Waals surface area contributed by atoms with E-state index in [9.17, 15) is 9.90 Å². The van der Waals surface area contributed by atoms with Gasteiger partial charge in [-0.15, -0.1) is 11.3 Å². The van der Waals surface area contributed by atoms with Crippen molar-refractivity contribution in [3.05, 3.63) is 52.7 Å². The van der Waals surface area contributed by atoms with E-state index in [-0.39, 0.29) is 5.91 Å². The van der Waals surface area contributed by atoms with Crippen molar-refractivity contribution in [1.82, 2.24) is 4.90 Å². The molecule has 2 aromatic rings. The molecule has 0 aliphatic rings. The highest BCUT2D eigenvalue weighted by Gasteiger charge is 2.15. The fourth-order valence-electron chi connectivity index (χ4n) is 1.90. The zero-order valence-corrected chi connectivity index (χ0v) is 12.8. The standard InChI is InChI=1S/C16H19NO3S/c1-17(12-14(18)15-8-5-11-21-15)16(19)9-10-20-13-6-3-2-4-7-13/h2-8,11,14,18H,9-10,12H2,1H3. The predicted molar refractivity (Wildman–Crippen MR) is 83.5 cm³/mol. The van der Waals surface area contributed by atoms with Crippen LogP contribution in [0.1, 0.15) is 17.4 Å². The monoisotopic (exact) mass is 305 g/mol. The molecule has 2 rings (SSSR count). The molecule has 0 spiro atoms. The number of carbonyl (C=O) groups excluding carboxylic acids is 1. The third-order valence-electron chi connectivity index (χ3n) is 3.07. The van der Waals surface area contributed by atoms with Gasteiger partial charge in [0.05, 0.1) is 19.6 Å². The lowest BCUT2D eigenvalue weighted by Crippen LogP contribution is -2.31. The summed E-state index contributed by atoms with van der Waals surface area (Å²) in [7, 11) is 1.70. The first-order valence-electron chi connectivity index (χ1n) is 6.80. The fraction of sp³-hybridized carbons (Fsp3) is 0.312. The van der Waals surface area contributed by atoms with E-state index in [4.69, 9.17) is 4.74 Å². The summed E-state index contributed by atoms with van der Waals surface area (Å²) in [4.78, 5) is 14.4. The molecule has 0 saturated carbocycles. The first-order valence-corrected chi connectivity index (χ1v) is 7.68. The van der Waals surface area contributed by atoms with Gasteiger partial charge in [-0.05, 0) is 23.6 Å². The molecule has 0 aliphatic heterocycles. The normalized spacial score (nSPS) is 11.9. The Hall–Kier alpha value is -1.85. The van der Waals surface area contributed by atoms with Crippen LogP contribution in [0.5, 0.6) is 5.75 Å². The number of hydrogen-bond donors (Lipinski definition) is 1. The summed E-state index contributed by atoms with van der Waals surface area (Å²) in [5.74, 6) is 0.716. The van der Waals surface area contributed by atoms with Crippen LogP contribution in [0.3, 0.4) is 0 Å². The van der Waals surface area contributed by atoms with E-state index in [1.807, 2.05) is 47.8 Å². The van der Waals surface area contributed by atoms with Crippen molar-refractivity contribution >= 4 is 17.2 Å². The number of nitrogens with zero attached hydrogens (tertiary/aromatic N) is 1. The highest BCUT2D eigenvalue weighted by Crippen LogP contribution is 2.19. The molecule has 0 fully saturated rings. The van der Waals surface area contributed by atoms with Crippen LogP contribution >= 0.6 is 11.3 Å². The van der Waals surface area contributed by atoms with Crippen molar-refractivity contribution in [3.8, 4) is 5.75 Å². The average Bonchev–Trinajstić information content (AvgIpc) is 3.02. The summed E-state index contributed by atoms with van der Waals surface area (Å²) in [6.07, 6.45) is -0.336. The smallest absolute Gasteiger partial charge is 0.225 e. The summed E-state index contributed by atoms with van der Waals surface area (Å²) in [6.45, 7) is 0.632. The first-order chi connectivity index (χ1) is 10.2. The molecule has 0 saturated heterocycles.